The number of nitrogen functional groups attached to an aromatic ring is 2. The Morgan fingerprint density at radius 3 is 2.50 bits per heavy atom. The van der Waals surface area contributed by atoms with Crippen LogP contribution >= 0.6 is 0 Å². The molecule has 2 saturated carbocycles. The first-order valence-electron chi connectivity index (χ1n) is 7.01. The number of nitrogens with two attached hydrogens (primary N) is 2. The van der Waals surface area contributed by atoms with Crippen LogP contribution in [0.15, 0.2) is 0 Å². The van der Waals surface area contributed by atoms with E-state index < -0.39 is 0 Å². The van der Waals surface area contributed by atoms with Crippen molar-refractivity contribution in [2.45, 2.75) is 38.7 Å². The van der Waals surface area contributed by atoms with Gasteiger partial charge in [-0.25, -0.2) is 0 Å². The minimum atomic E-state index is -0.194. The molecule has 0 unspecified atom stereocenters. The fraction of sp³-hybridized carbons (Fsp3) is 0.692. The van der Waals surface area contributed by atoms with Crippen LogP contribution in [0.5, 0.6) is 0 Å². The molecule has 1 aromatic rings. The van der Waals surface area contributed by atoms with Crippen LogP contribution in [0.1, 0.15) is 37.9 Å². The number of ether oxygens (including phenoxy) is 1. The van der Waals surface area contributed by atoms with Crippen molar-refractivity contribution >= 4 is 17.9 Å². The van der Waals surface area contributed by atoms with E-state index in [-0.39, 0.29) is 30.3 Å². The van der Waals surface area contributed by atoms with Crippen molar-refractivity contribution in [3.8, 4) is 0 Å². The van der Waals surface area contributed by atoms with Crippen LogP contribution in [-0.4, -0.2) is 20.9 Å². The Kier molecular flexibility index (Phi) is 3.42. The summed E-state index contributed by atoms with van der Waals surface area (Å²) in [4.78, 5) is 23.3. The molecule has 20 heavy (non-hydrogen) atoms. The van der Waals surface area contributed by atoms with E-state index in [2.05, 4.69) is 15.0 Å². The number of carbonyl (C=O) groups is 1. The maximum atomic E-state index is 11.9. The van der Waals surface area contributed by atoms with Crippen LogP contribution in [0.2, 0.25) is 0 Å². The van der Waals surface area contributed by atoms with E-state index in [0.717, 1.165) is 11.8 Å². The molecule has 7 heteroatoms. The maximum absolute atomic E-state index is 11.9. The predicted octanol–water partition coefficient (Wildman–Crippen LogP) is 0.905. The van der Waals surface area contributed by atoms with Crippen LogP contribution in [0.3, 0.4) is 0 Å². The van der Waals surface area contributed by atoms with Crippen molar-refractivity contribution in [2.24, 2.45) is 17.8 Å². The zero-order valence-electron chi connectivity index (χ0n) is 11.3. The number of esters is 1. The van der Waals surface area contributed by atoms with Gasteiger partial charge in [-0.2, -0.15) is 15.0 Å². The minimum absolute atomic E-state index is 0.00340. The van der Waals surface area contributed by atoms with Gasteiger partial charge in [0.05, 0.1) is 0 Å². The molecule has 2 aliphatic rings. The summed E-state index contributed by atoms with van der Waals surface area (Å²) >= 11 is 0. The van der Waals surface area contributed by atoms with Gasteiger partial charge in [-0.05, 0) is 37.0 Å². The molecule has 1 aromatic heterocycles. The van der Waals surface area contributed by atoms with Gasteiger partial charge in [-0.3, -0.25) is 4.79 Å². The number of rotatable bonds is 4. The van der Waals surface area contributed by atoms with E-state index in [4.69, 9.17) is 16.2 Å². The molecule has 1 heterocycles. The number of carbonyl (C=O) groups excluding carboxylic acids is 1. The summed E-state index contributed by atoms with van der Waals surface area (Å²) in [7, 11) is 0. The number of nitrogens with zero attached hydrogens (tertiary/aromatic N) is 3. The van der Waals surface area contributed by atoms with Crippen molar-refractivity contribution < 1.29 is 9.53 Å². The van der Waals surface area contributed by atoms with E-state index in [1.165, 1.54) is 25.7 Å². The quantitative estimate of drug-likeness (QED) is 0.785. The second kappa shape index (κ2) is 5.22. The van der Waals surface area contributed by atoms with Crippen LogP contribution in [0.4, 0.5) is 11.9 Å². The molecule has 4 N–H and O–H groups in total. The lowest BCUT2D eigenvalue weighted by atomic mass is 9.86. The molecule has 7 nitrogen and oxygen atoms in total. The van der Waals surface area contributed by atoms with Crippen molar-refractivity contribution in [1.82, 2.24) is 15.0 Å². The van der Waals surface area contributed by atoms with E-state index in [1.807, 2.05) is 0 Å². The molecule has 3 rings (SSSR count). The van der Waals surface area contributed by atoms with Gasteiger partial charge in [0.2, 0.25) is 11.9 Å². The number of fused-ring (bicyclic) bond motifs is 2. The fourth-order valence-electron chi connectivity index (χ4n) is 3.57. The average Bonchev–Trinajstić information content (AvgIpc) is 2.97. The van der Waals surface area contributed by atoms with Crippen LogP contribution in [0, 0.1) is 17.8 Å². The van der Waals surface area contributed by atoms with Crippen molar-refractivity contribution in [2.75, 3.05) is 11.5 Å². The van der Waals surface area contributed by atoms with Gasteiger partial charge in [0.25, 0.3) is 0 Å². The second-order valence-corrected chi connectivity index (χ2v) is 5.77. The van der Waals surface area contributed by atoms with Crippen molar-refractivity contribution in [3.63, 3.8) is 0 Å². The Hall–Kier alpha value is -1.92. The Bertz CT molecular complexity index is 501. The topological polar surface area (TPSA) is 117 Å². The smallest absolute Gasteiger partial charge is 0.306 e. The van der Waals surface area contributed by atoms with Crippen LogP contribution in [-0.2, 0) is 16.1 Å². The monoisotopic (exact) mass is 277 g/mol. The predicted molar refractivity (Wildman–Crippen MR) is 72.0 cm³/mol. The largest absolute Gasteiger partial charge is 0.457 e. The molecule has 2 bridgehead atoms. The number of anilines is 2. The summed E-state index contributed by atoms with van der Waals surface area (Å²) < 4.78 is 5.20. The Balaban J connectivity index is 1.49. The molecule has 0 aliphatic heterocycles. The second-order valence-electron chi connectivity index (χ2n) is 5.77. The normalized spacial score (nSPS) is 27.7. The third-order valence-electron chi connectivity index (χ3n) is 4.39. The summed E-state index contributed by atoms with van der Waals surface area (Å²) in [6, 6.07) is 0. The van der Waals surface area contributed by atoms with E-state index in [0.29, 0.717) is 12.3 Å². The van der Waals surface area contributed by atoms with Gasteiger partial charge < -0.3 is 16.2 Å². The number of hydrogen-bond acceptors (Lipinski definition) is 7. The number of aromatic nitrogens is 3. The van der Waals surface area contributed by atoms with Crippen LogP contribution in [0.25, 0.3) is 0 Å². The molecule has 3 atom stereocenters. The molecular weight excluding hydrogens is 258 g/mol. The fourth-order valence-corrected chi connectivity index (χ4v) is 3.57. The first-order chi connectivity index (χ1) is 9.60. The van der Waals surface area contributed by atoms with E-state index in [9.17, 15) is 4.79 Å². The molecule has 108 valence electrons. The highest BCUT2D eigenvalue weighted by molar-refractivity contribution is 5.69. The lowest BCUT2D eigenvalue weighted by molar-refractivity contribution is -0.146. The average molecular weight is 277 g/mol. The third-order valence-corrected chi connectivity index (χ3v) is 4.39. The summed E-state index contributed by atoms with van der Waals surface area (Å²) in [5, 5.41) is 0. The van der Waals surface area contributed by atoms with Crippen molar-refractivity contribution in [1.29, 1.82) is 0 Å². The zero-order chi connectivity index (χ0) is 14.1. The molecule has 2 fully saturated rings. The van der Waals surface area contributed by atoms with Gasteiger partial charge in [0.1, 0.15) is 0 Å². The Morgan fingerprint density at radius 1 is 1.15 bits per heavy atom. The molecule has 2 aliphatic carbocycles. The molecule has 0 aromatic carbocycles. The summed E-state index contributed by atoms with van der Waals surface area (Å²) in [6.07, 6.45) is 5.56. The first kappa shape index (κ1) is 13.1. The number of hydrogen-bond donors (Lipinski definition) is 2. The highest BCUT2D eigenvalue weighted by Gasteiger charge is 2.40. The first-order valence-corrected chi connectivity index (χ1v) is 7.01. The van der Waals surface area contributed by atoms with Gasteiger partial charge in [0, 0.05) is 6.42 Å². The zero-order valence-corrected chi connectivity index (χ0v) is 11.3. The lowest BCUT2D eigenvalue weighted by Gasteiger charge is -2.20. The van der Waals surface area contributed by atoms with E-state index in [1.54, 1.807) is 0 Å². The Labute approximate surface area is 117 Å². The molecular formula is C13H19N5O2. The van der Waals surface area contributed by atoms with Crippen molar-refractivity contribution in [3.05, 3.63) is 5.82 Å². The summed E-state index contributed by atoms with van der Waals surface area (Å²) in [6.45, 7) is -0.00340. The van der Waals surface area contributed by atoms with Gasteiger partial charge in [-0.15, -0.1) is 0 Å². The molecule has 0 spiro atoms. The lowest BCUT2D eigenvalue weighted by Crippen LogP contribution is -2.17. The highest BCUT2D eigenvalue weighted by Crippen LogP contribution is 2.49. The third kappa shape index (κ3) is 2.81. The SMILES string of the molecule is Nc1nc(N)nc(COC(=O)C[C@H]2C[C@H]3CC[C@@H]2C3)n1. The summed E-state index contributed by atoms with van der Waals surface area (Å²) in [5.41, 5.74) is 10.9. The van der Waals surface area contributed by atoms with Gasteiger partial charge in [0.15, 0.2) is 12.4 Å². The van der Waals surface area contributed by atoms with Gasteiger partial charge >= 0.3 is 5.97 Å². The van der Waals surface area contributed by atoms with Gasteiger partial charge in [-0.1, -0.05) is 6.42 Å². The van der Waals surface area contributed by atoms with Crippen LogP contribution < -0.4 is 11.5 Å². The molecule has 0 radical (unpaired) electrons. The molecule has 0 amide bonds. The minimum Gasteiger partial charge on any atom is -0.457 e. The Morgan fingerprint density at radius 2 is 1.90 bits per heavy atom. The molecule has 0 saturated heterocycles. The summed E-state index contributed by atoms with van der Waals surface area (Å²) in [5.74, 6) is 2.22. The maximum Gasteiger partial charge on any atom is 0.306 e. The van der Waals surface area contributed by atoms with E-state index >= 15 is 0 Å². The highest BCUT2D eigenvalue weighted by atomic mass is 16.5. The standard InChI is InChI=1S/C13H19N5O2/c14-12-16-10(17-13(15)18-12)6-20-11(19)5-9-4-7-1-2-8(9)3-7/h7-9H,1-6H2,(H4,14,15,16,17,18)/t7-,8+,9+/m0/s1.